The highest BCUT2D eigenvalue weighted by Gasteiger charge is 2.08. The number of hydrogen-bond donors (Lipinski definition) is 2. The highest BCUT2D eigenvalue weighted by molar-refractivity contribution is 5.75. The van der Waals surface area contributed by atoms with Gasteiger partial charge in [-0.25, -0.2) is 5.84 Å². The van der Waals surface area contributed by atoms with E-state index in [1.54, 1.807) is 0 Å². The summed E-state index contributed by atoms with van der Waals surface area (Å²) in [5.74, 6) is 4.72. The number of nitrogens with two attached hydrogens (primary N) is 1. The van der Waals surface area contributed by atoms with Crippen molar-refractivity contribution in [2.24, 2.45) is 11.8 Å². The van der Waals surface area contributed by atoms with Crippen LogP contribution in [0.3, 0.4) is 0 Å². The van der Waals surface area contributed by atoms with Crippen LogP contribution in [0.2, 0.25) is 0 Å². The van der Waals surface area contributed by atoms with Gasteiger partial charge in [0, 0.05) is 12.3 Å². The first kappa shape index (κ1) is 11.9. The van der Waals surface area contributed by atoms with E-state index in [4.69, 9.17) is 11.1 Å². The second-order valence-electron chi connectivity index (χ2n) is 3.07. The van der Waals surface area contributed by atoms with Crippen LogP contribution in [-0.4, -0.2) is 5.91 Å². The first-order valence-corrected chi connectivity index (χ1v) is 4.63. The van der Waals surface area contributed by atoms with E-state index in [-0.39, 0.29) is 11.8 Å². The molecule has 0 spiro atoms. The quantitative estimate of drug-likeness (QED) is 0.367. The molecule has 0 aliphatic heterocycles. The van der Waals surface area contributed by atoms with E-state index in [2.05, 4.69) is 18.4 Å². The number of carbonyl (C=O) groups is 1. The molecule has 0 aromatic rings. The Morgan fingerprint density at radius 3 is 2.77 bits per heavy atom. The Kier molecular flexibility index (Phi) is 6.93. The first-order valence-electron chi connectivity index (χ1n) is 4.63. The monoisotopic (exact) mass is 183 g/mol. The van der Waals surface area contributed by atoms with Crippen molar-refractivity contribution in [3.63, 3.8) is 0 Å². The Labute approximate surface area is 79.1 Å². The average Bonchev–Trinajstić information content (AvgIpc) is 2.17. The second-order valence-corrected chi connectivity index (χ2v) is 3.07. The van der Waals surface area contributed by atoms with Gasteiger partial charge in [0.2, 0.25) is 5.91 Å². The van der Waals surface area contributed by atoms with Crippen LogP contribution >= 0.6 is 0 Å². The molecule has 0 heterocycles. The largest absolute Gasteiger partial charge is 0.294 e. The molecule has 0 aromatic carbocycles. The summed E-state index contributed by atoms with van der Waals surface area (Å²) in [6.45, 7) is 2.08. The van der Waals surface area contributed by atoms with Crippen molar-refractivity contribution in [3.8, 4) is 6.07 Å². The molecule has 3 N–H and O–H groups in total. The van der Waals surface area contributed by atoms with Gasteiger partial charge in [0.25, 0.3) is 0 Å². The molecule has 0 aliphatic rings. The van der Waals surface area contributed by atoms with Gasteiger partial charge in [0.05, 0.1) is 6.07 Å². The number of nitrogens with one attached hydrogen (secondary N) is 1. The molecule has 0 aromatic heterocycles. The van der Waals surface area contributed by atoms with Crippen molar-refractivity contribution in [2.45, 2.75) is 39.0 Å². The van der Waals surface area contributed by atoms with Crippen LogP contribution in [0.25, 0.3) is 0 Å². The maximum Gasteiger partial charge on any atom is 0.233 e. The summed E-state index contributed by atoms with van der Waals surface area (Å²) in [4.78, 5) is 10.8. The third kappa shape index (κ3) is 6.12. The summed E-state index contributed by atoms with van der Waals surface area (Å²) in [6, 6.07) is 2.20. The van der Waals surface area contributed by atoms with Gasteiger partial charge in [-0.05, 0) is 12.8 Å². The van der Waals surface area contributed by atoms with E-state index in [9.17, 15) is 4.79 Å². The highest BCUT2D eigenvalue weighted by atomic mass is 16.2. The highest BCUT2D eigenvalue weighted by Crippen LogP contribution is 2.13. The third-order valence-electron chi connectivity index (χ3n) is 1.97. The molecular weight excluding hydrogens is 166 g/mol. The lowest BCUT2D eigenvalue weighted by atomic mass is 9.98. The van der Waals surface area contributed by atoms with Gasteiger partial charge in [0.1, 0.15) is 0 Å². The fourth-order valence-corrected chi connectivity index (χ4v) is 1.10. The molecular formula is C9H17N3O. The summed E-state index contributed by atoms with van der Waals surface area (Å²) in [7, 11) is 0. The molecule has 4 heteroatoms. The van der Waals surface area contributed by atoms with Gasteiger partial charge in [-0.1, -0.05) is 19.8 Å². The third-order valence-corrected chi connectivity index (χ3v) is 1.97. The van der Waals surface area contributed by atoms with Crippen LogP contribution in [0.15, 0.2) is 0 Å². The molecule has 1 amide bonds. The van der Waals surface area contributed by atoms with Crippen LogP contribution in [0.5, 0.6) is 0 Å². The number of nitrogens with zero attached hydrogens (tertiary/aromatic N) is 1. The molecule has 74 valence electrons. The van der Waals surface area contributed by atoms with Crippen LogP contribution in [0.4, 0.5) is 0 Å². The summed E-state index contributed by atoms with van der Waals surface area (Å²) in [5, 5.41) is 8.73. The zero-order chi connectivity index (χ0) is 10.1. The second kappa shape index (κ2) is 7.56. The number of nitriles is 1. The lowest BCUT2D eigenvalue weighted by Crippen LogP contribution is -2.30. The minimum Gasteiger partial charge on any atom is -0.294 e. The molecule has 1 atom stereocenters. The van der Waals surface area contributed by atoms with Crippen molar-refractivity contribution in [3.05, 3.63) is 0 Å². The number of unbranched alkanes of at least 4 members (excludes halogenated alkanes) is 1. The Hall–Kier alpha value is -1.08. The van der Waals surface area contributed by atoms with Crippen molar-refractivity contribution in [1.82, 2.24) is 5.43 Å². The minimum atomic E-state index is -0.197. The molecule has 0 bridgehead atoms. The van der Waals surface area contributed by atoms with Gasteiger partial charge in [0.15, 0.2) is 0 Å². The fraction of sp³-hybridized carbons (Fsp3) is 0.778. The molecule has 1 unspecified atom stereocenters. The minimum absolute atomic E-state index is 0.00255. The summed E-state index contributed by atoms with van der Waals surface area (Å²) >= 11 is 0. The SMILES string of the molecule is CCCCC(C#N)CCC(=O)NN. The predicted octanol–water partition coefficient (Wildman–Crippen LogP) is 1.09. The molecule has 0 radical (unpaired) electrons. The fourth-order valence-electron chi connectivity index (χ4n) is 1.10. The number of rotatable bonds is 6. The lowest BCUT2D eigenvalue weighted by molar-refractivity contribution is -0.121. The number of amides is 1. The van der Waals surface area contributed by atoms with Gasteiger partial charge in [-0.15, -0.1) is 0 Å². The topological polar surface area (TPSA) is 78.9 Å². The maximum absolute atomic E-state index is 10.8. The van der Waals surface area contributed by atoms with E-state index < -0.39 is 0 Å². The average molecular weight is 183 g/mol. The smallest absolute Gasteiger partial charge is 0.233 e. The Morgan fingerprint density at radius 1 is 1.62 bits per heavy atom. The number of hydrogen-bond acceptors (Lipinski definition) is 3. The van der Waals surface area contributed by atoms with Crippen LogP contribution < -0.4 is 11.3 Å². The Bertz CT molecular complexity index is 186. The van der Waals surface area contributed by atoms with Gasteiger partial charge in [-0.2, -0.15) is 5.26 Å². The zero-order valence-electron chi connectivity index (χ0n) is 8.05. The van der Waals surface area contributed by atoms with Crippen molar-refractivity contribution in [1.29, 1.82) is 5.26 Å². The molecule has 0 saturated carbocycles. The van der Waals surface area contributed by atoms with Crippen molar-refractivity contribution >= 4 is 5.91 Å². The Balaban J connectivity index is 3.60. The normalized spacial score (nSPS) is 11.8. The first-order chi connectivity index (χ1) is 6.24. The van der Waals surface area contributed by atoms with E-state index in [1.807, 2.05) is 0 Å². The Morgan fingerprint density at radius 2 is 2.31 bits per heavy atom. The van der Waals surface area contributed by atoms with Gasteiger partial charge >= 0.3 is 0 Å². The van der Waals surface area contributed by atoms with E-state index in [1.165, 1.54) is 0 Å². The summed E-state index contributed by atoms with van der Waals surface area (Å²) in [5.41, 5.74) is 2.05. The molecule has 0 fully saturated rings. The van der Waals surface area contributed by atoms with E-state index >= 15 is 0 Å². The van der Waals surface area contributed by atoms with Crippen LogP contribution in [0.1, 0.15) is 39.0 Å². The van der Waals surface area contributed by atoms with Crippen LogP contribution in [-0.2, 0) is 4.79 Å². The predicted molar refractivity (Wildman–Crippen MR) is 50.2 cm³/mol. The van der Waals surface area contributed by atoms with E-state index in [0.717, 1.165) is 19.3 Å². The van der Waals surface area contributed by atoms with E-state index in [0.29, 0.717) is 12.8 Å². The summed E-state index contributed by atoms with van der Waals surface area (Å²) < 4.78 is 0. The molecule has 0 aliphatic carbocycles. The van der Waals surface area contributed by atoms with Crippen molar-refractivity contribution < 1.29 is 4.79 Å². The van der Waals surface area contributed by atoms with Crippen LogP contribution in [0, 0.1) is 17.2 Å². The maximum atomic E-state index is 10.8. The molecule has 4 nitrogen and oxygen atoms in total. The zero-order valence-corrected chi connectivity index (χ0v) is 8.05. The molecule has 0 saturated heterocycles. The number of hydrazine groups is 1. The standard InChI is InChI=1S/C9H17N3O/c1-2-3-4-8(7-10)5-6-9(13)12-11/h8H,2-6,11H2,1H3,(H,12,13). The van der Waals surface area contributed by atoms with Crippen molar-refractivity contribution in [2.75, 3.05) is 0 Å². The number of carbonyl (C=O) groups excluding carboxylic acids is 1. The van der Waals surface area contributed by atoms with Gasteiger partial charge < -0.3 is 0 Å². The van der Waals surface area contributed by atoms with Gasteiger partial charge in [-0.3, -0.25) is 10.2 Å². The molecule has 0 rings (SSSR count). The molecule has 13 heavy (non-hydrogen) atoms. The summed E-state index contributed by atoms with van der Waals surface area (Å²) in [6.07, 6.45) is 3.96. The lowest BCUT2D eigenvalue weighted by Gasteiger charge is -2.06.